The normalized spacial score (nSPS) is 23.1. The number of ether oxygens (including phenoxy) is 1. The van der Waals surface area contributed by atoms with Crippen molar-refractivity contribution in [3.05, 3.63) is 17.0 Å². The molecular formula is C13H21N3O3. The summed E-state index contributed by atoms with van der Waals surface area (Å²) in [6, 6.07) is 0. The molecule has 1 amide bonds. The number of carbonyl (C=O) groups is 1. The van der Waals surface area contributed by atoms with Gasteiger partial charge in [0.2, 0.25) is 5.91 Å². The summed E-state index contributed by atoms with van der Waals surface area (Å²) in [7, 11) is 0. The van der Waals surface area contributed by atoms with E-state index >= 15 is 0 Å². The standard InChI is InChI=1S/C13H21N3O3/c1-4-19-12-7-16(6-11(12)17)13(18)5-10-8(2)14-15-9(10)3/h11-12,17H,4-7H2,1-3H3,(H,14,15)/t11-,12-/m1/s1. The number of aromatic nitrogens is 2. The van der Waals surface area contributed by atoms with Crippen LogP contribution >= 0.6 is 0 Å². The predicted octanol–water partition coefficient (Wildman–Crippen LogP) is 0.177. The van der Waals surface area contributed by atoms with E-state index in [4.69, 9.17) is 4.74 Å². The first-order valence-corrected chi connectivity index (χ1v) is 6.60. The molecule has 1 saturated heterocycles. The summed E-state index contributed by atoms with van der Waals surface area (Å²) in [5.74, 6) is 0.00820. The van der Waals surface area contributed by atoms with Gasteiger partial charge in [0, 0.05) is 31.0 Å². The van der Waals surface area contributed by atoms with Crippen molar-refractivity contribution in [1.82, 2.24) is 15.1 Å². The number of nitrogens with one attached hydrogen (secondary N) is 1. The van der Waals surface area contributed by atoms with E-state index in [0.29, 0.717) is 26.1 Å². The molecule has 1 aromatic heterocycles. The Hall–Kier alpha value is -1.40. The van der Waals surface area contributed by atoms with Crippen LogP contribution in [-0.2, 0) is 16.0 Å². The number of aryl methyl sites for hydroxylation is 2. The molecule has 1 aliphatic rings. The summed E-state index contributed by atoms with van der Waals surface area (Å²) in [6.45, 7) is 7.03. The molecule has 6 nitrogen and oxygen atoms in total. The van der Waals surface area contributed by atoms with Crippen LogP contribution in [0.1, 0.15) is 23.9 Å². The first-order valence-electron chi connectivity index (χ1n) is 6.60. The molecule has 0 radical (unpaired) electrons. The van der Waals surface area contributed by atoms with Gasteiger partial charge in [0.25, 0.3) is 0 Å². The van der Waals surface area contributed by atoms with Gasteiger partial charge in [-0.15, -0.1) is 0 Å². The fourth-order valence-corrected chi connectivity index (χ4v) is 2.44. The maximum atomic E-state index is 12.2. The SMILES string of the molecule is CCO[C@@H]1CN(C(=O)Cc2c(C)n[nH]c2C)C[C@H]1O. The number of nitrogens with zero attached hydrogens (tertiary/aromatic N) is 2. The quantitative estimate of drug-likeness (QED) is 0.815. The molecule has 2 atom stereocenters. The number of hydrogen-bond donors (Lipinski definition) is 2. The van der Waals surface area contributed by atoms with Crippen molar-refractivity contribution in [2.75, 3.05) is 19.7 Å². The van der Waals surface area contributed by atoms with Crippen LogP contribution in [-0.4, -0.2) is 58.0 Å². The lowest BCUT2D eigenvalue weighted by Crippen LogP contribution is -2.31. The number of amides is 1. The smallest absolute Gasteiger partial charge is 0.227 e. The minimum Gasteiger partial charge on any atom is -0.388 e. The van der Waals surface area contributed by atoms with Gasteiger partial charge in [0.15, 0.2) is 0 Å². The molecule has 1 aliphatic heterocycles. The van der Waals surface area contributed by atoms with Crippen LogP contribution in [0.5, 0.6) is 0 Å². The number of hydrogen-bond acceptors (Lipinski definition) is 4. The van der Waals surface area contributed by atoms with Gasteiger partial charge in [-0.25, -0.2) is 0 Å². The molecule has 0 aliphatic carbocycles. The molecule has 2 N–H and O–H groups in total. The van der Waals surface area contributed by atoms with Crippen LogP contribution in [0.3, 0.4) is 0 Å². The molecule has 2 rings (SSSR count). The lowest BCUT2D eigenvalue weighted by atomic mass is 10.1. The van der Waals surface area contributed by atoms with E-state index in [1.807, 2.05) is 20.8 Å². The Balaban J connectivity index is 1.98. The molecule has 1 aromatic rings. The van der Waals surface area contributed by atoms with E-state index in [9.17, 15) is 9.90 Å². The minimum atomic E-state index is -0.588. The summed E-state index contributed by atoms with van der Waals surface area (Å²) in [5, 5.41) is 16.8. The van der Waals surface area contributed by atoms with Crippen LogP contribution in [0.25, 0.3) is 0 Å². The molecule has 106 valence electrons. The summed E-state index contributed by atoms with van der Waals surface area (Å²) in [4.78, 5) is 13.9. The maximum absolute atomic E-state index is 12.2. The summed E-state index contributed by atoms with van der Waals surface area (Å²) < 4.78 is 5.42. The number of rotatable bonds is 4. The predicted molar refractivity (Wildman–Crippen MR) is 69.8 cm³/mol. The number of aliphatic hydroxyl groups excluding tert-OH is 1. The second kappa shape index (κ2) is 5.71. The first-order chi connectivity index (χ1) is 9.02. The van der Waals surface area contributed by atoms with Crippen LogP contribution in [0.2, 0.25) is 0 Å². The van der Waals surface area contributed by atoms with Crippen molar-refractivity contribution in [2.45, 2.75) is 39.4 Å². The van der Waals surface area contributed by atoms with Gasteiger partial charge in [-0.3, -0.25) is 9.89 Å². The number of H-pyrrole nitrogens is 1. The van der Waals surface area contributed by atoms with E-state index < -0.39 is 6.10 Å². The third-order valence-corrected chi connectivity index (χ3v) is 3.58. The Morgan fingerprint density at radius 3 is 2.84 bits per heavy atom. The van der Waals surface area contributed by atoms with Gasteiger partial charge in [-0.1, -0.05) is 0 Å². The van der Waals surface area contributed by atoms with Crippen molar-refractivity contribution < 1.29 is 14.6 Å². The number of aliphatic hydroxyl groups is 1. The molecule has 0 bridgehead atoms. The molecule has 19 heavy (non-hydrogen) atoms. The molecule has 2 heterocycles. The fraction of sp³-hybridized carbons (Fsp3) is 0.692. The molecular weight excluding hydrogens is 246 g/mol. The topological polar surface area (TPSA) is 78.5 Å². The lowest BCUT2D eigenvalue weighted by molar-refractivity contribution is -0.130. The van der Waals surface area contributed by atoms with Gasteiger partial charge < -0.3 is 14.7 Å². The Morgan fingerprint density at radius 1 is 1.53 bits per heavy atom. The van der Waals surface area contributed by atoms with Gasteiger partial charge >= 0.3 is 0 Å². The molecule has 0 spiro atoms. The zero-order chi connectivity index (χ0) is 14.0. The Kier molecular flexibility index (Phi) is 4.21. The highest BCUT2D eigenvalue weighted by molar-refractivity contribution is 5.79. The summed E-state index contributed by atoms with van der Waals surface area (Å²) in [5.41, 5.74) is 2.72. The van der Waals surface area contributed by atoms with E-state index in [1.165, 1.54) is 0 Å². The van der Waals surface area contributed by atoms with Crippen molar-refractivity contribution in [3.8, 4) is 0 Å². The highest BCUT2D eigenvalue weighted by atomic mass is 16.5. The second-order valence-corrected chi connectivity index (χ2v) is 4.95. The average molecular weight is 267 g/mol. The van der Waals surface area contributed by atoms with Crippen molar-refractivity contribution in [1.29, 1.82) is 0 Å². The summed E-state index contributed by atoms with van der Waals surface area (Å²) >= 11 is 0. The van der Waals surface area contributed by atoms with Gasteiger partial charge in [0.05, 0.1) is 18.2 Å². The lowest BCUT2D eigenvalue weighted by Gasteiger charge is -2.16. The van der Waals surface area contributed by atoms with Crippen molar-refractivity contribution in [3.63, 3.8) is 0 Å². The monoisotopic (exact) mass is 267 g/mol. The zero-order valence-corrected chi connectivity index (χ0v) is 11.6. The van der Waals surface area contributed by atoms with Crippen LogP contribution in [0, 0.1) is 13.8 Å². The van der Waals surface area contributed by atoms with Gasteiger partial charge in [0.1, 0.15) is 6.10 Å². The molecule has 0 unspecified atom stereocenters. The van der Waals surface area contributed by atoms with Crippen molar-refractivity contribution >= 4 is 5.91 Å². The average Bonchev–Trinajstić information content (AvgIpc) is 2.88. The van der Waals surface area contributed by atoms with Crippen LogP contribution in [0.4, 0.5) is 0 Å². The fourth-order valence-electron chi connectivity index (χ4n) is 2.44. The molecule has 6 heteroatoms. The first kappa shape index (κ1) is 14.0. The van der Waals surface area contributed by atoms with E-state index in [1.54, 1.807) is 4.90 Å². The number of carbonyl (C=O) groups excluding carboxylic acids is 1. The highest BCUT2D eigenvalue weighted by Gasteiger charge is 2.34. The maximum Gasteiger partial charge on any atom is 0.227 e. The highest BCUT2D eigenvalue weighted by Crippen LogP contribution is 2.17. The number of β-amino-alcohol motifs (C(OH)–C–C–N with tert-alkyl or cyclic N) is 1. The minimum absolute atomic E-state index is 0.00820. The Bertz CT molecular complexity index is 438. The zero-order valence-electron chi connectivity index (χ0n) is 11.6. The Morgan fingerprint density at radius 2 is 2.26 bits per heavy atom. The van der Waals surface area contributed by atoms with Gasteiger partial charge in [-0.2, -0.15) is 5.10 Å². The Labute approximate surface area is 112 Å². The van der Waals surface area contributed by atoms with E-state index in [0.717, 1.165) is 17.0 Å². The largest absolute Gasteiger partial charge is 0.388 e. The van der Waals surface area contributed by atoms with Crippen LogP contribution < -0.4 is 0 Å². The van der Waals surface area contributed by atoms with Gasteiger partial charge in [-0.05, 0) is 20.8 Å². The second-order valence-electron chi connectivity index (χ2n) is 4.95. The number of likely N-dealkylation sites (tertiary alicyclic amines) is 1. The van der Waals surface area contributed by atoms with E-state index in [-0.39, 0.29) is 12.0 Å². The summed E-state index contributed by atoms with van der Waals surface area (Å²) in [6.07, 6.45) is -0.532. The molecule has 0 aromatic carbocycles. The van der Waals surface area contributed by atoms with E-state index in [2.05, 4.69) is 10.2 Å². The number of aromatic amines is 1. The third kappa shape index (κ3) is 2.96. The van der Waals surface area contributed by atoms with Crippen molar-refractivity contribution in [2.24, 2.45) is 0 Å². The third-order valence-electron chi connectivity index (χ3n) is 3.58. The van der Waals surface area contributed by atoms with Crippen LogP contribution in [0.15, 0.2) is 0 Å². The molecule has 1 fully saturated rings. The molecule has 0 saturated carbocycles.